The van der Waals surface area contributed by atoms with Crippen LogP contribution in [0.3, 0.4) is 0 Å². The summed E-state index contributed by atoms with van der Waals surface area (Å²) in [7, 11) is 0. The van der Waals surface area contributed by atoms with Crippen molar-refractivity contribution in [3.05, 3.63) is 35.4 Å². The van der Waals surface area contributed by atoms with Crippen molar-refractivity contribution >= 4 is 11.9 Å². The van der Waals surface area contributed by atoms with Crippen LogP contribution in [0, 0.1) is 0 Å². The predicted molar refractivity (Wildman–Crippen MR) is 130 cm³/mol. The topological polar surface area (TPSA) is 47.9 Å². The Hall–Kier alpha value is -1.88. The number of aryl methyl sites for hydroxylation is 1. The SMILES string of the molecule is O=C1N=C(NC2CCCCC2)C23CCN(CC2)Cc2cccc(c2)CCCCCCCN13. The molecule has 1 aromatic carbocycles. The van der Waals surface area contributed by atoms with Gasteiger partial charge in [-0.1, -0.05) is 62.8 Å². The highest BCUT2D eigenvalue weighted by Gasteiger charge is 2.51. The quantitative estimate of drug-likeness (QED) is 0.651. The van der Waals surface area contributed by atoms with Gasteiger partial charge in [-0.05, 0) is 56.1 Å². The molecule has 0 atom stereocenters. The first-order chi connectivity index (χ1) is 15.7. The van der Waals surface area contributed by atoms with E-state index in [2.05, 4.69) is 44.4 Å². The molecule has 5 nitrogen and oxygen atoms in total. The number of hydrogen-bond donors (Lipinski definition) is 1. The Morgan fingerprint density at radius 1 is 0.875 bits per heavy atom. The first kappa shape index (κ1) is 21.9. The van der Waals surface area contributed by atoms with Crippen LogP contribution in [0.4, 0.5) is 4.79 Å². The summed E-state index contributed by atoms with van der Waals surface area (Å²) in [6.07, 6.45) is 15.6. The van der Waals surface area contributed by atoms with Gasteiger partial charge in [0.15, 0.2) is 0 Å². The molecule has 1 aliphatic carbocycles. The molecule has 0 radical (unpaired) electrons. The highest BCUT2D eigenvalue weighted by molar-refractivity contribution is 6.06. The summed E-state index contributed by atoms with van der Waals surface area (Å²) in [5.74, 6) is 0.997. The van der Waals surface area contributed by atoms with E-state index in [1.54, 1.807) is 0 Å². The largest absolute Gasteiger partial charge is 0.369 e. The van der Waals surface area contributed by atoms with Crippen LogP contribution in [-0.4, -0.2) is 52.9 Å². The molecular formula is C27H40N4O. The first-order valence-electron chi connectivity index (χ1n) is 13.2. The van der Waals surface area contributed by atoms with Crippen molar-refractivity contribution in [1.82, 2.24) is 15.1 Å². The van der Waals surface area contributed by atoms with Gasteiger partial charge < -0.3 is 10.2 Å². The van der Waals surface area contributed by atoms with Gasteiger partial charge in [-0.25, -0.2) is 4.79 Å². The van der Waals surface area contributed by atoms with E-state index >= 15 is 0 Å². The van der Waals surface area contributed by atoms with Gasteiger partial charge in [0.25, 0.3) is 0 Å². The van der Waals surface area contributed by atoms with Crippen LogP contribution in [0.15, 0.2) is 29.3 Å². The van der Waals surface area contributed by atoms with Crippen molar-refractivity contribution in [3.63, 3.8) is 0 Å². The maximum absolute atomic E-state index is 13.1. The molecule has 4 aliphatic heterocycles. The Labute approximate surface area is 193 Å². The van der Waals surface area contributed by atoms with E-state index in [0.717, 1.165) is 51.3 Å². The molecule has 6 rings (SSSR count). The van der Waals surface area contributed by atoms with Crippen LogP contribution < -0.4 is 5.32 Å². The number of amidine groups is 1. The summed E-state index contributed by atoms with van der Waals surface area (Å²) in [6.45, 7) is 3.93. The van der Waals surface area contributed by atoms with E-state index in [1.165, 1.54) is 75.3 Å². The Kier molecular flexibility index (Phi) is 6.82. The molecule has 174 valence electrons. The normalized spacial score (nSPS) is 30.1. The molecule has 1 N–H and O–H groups in total. The third kappa shape index (κ3) is 4.73. The van der Waals surface area contributed by atoms with Crippen molar-refractivity contribution in [1.29, 1.82) is 0 Å². The number of nitrogens with one attached hydrogen (secondary N) is 1. The number of nitrogens with zero attached hydrogens (tertiary/aromatic N) is 3. The monoisotopic (exact) mass is 436 g/mol. The van der Waals surface area contributed by atoms with Crippen LogP contribution in [0.5, 0.6) is 0 Å². The molecule has 4 heterocycles. The molecular weight excluding hydrogens is 396 g/mol. The van der Waals surface area contributed by atoms with Gasteiger partial charge in [-0.3, -0.25) is 4.90 Å². The molecule has 1 spiro atoms. The van der Waals surface area contributed by atoms with E-state index in [-0.39, 0.29) is 11.6 Å². The number of aliphatic imine (C=N–C) groups is 1. The number of benzene rings is 1. The number of rotatable bonds is 1. The maximum atomic E-state index is 13.1. The lowest BCUT2D eigenvalue weighted by Crippen LogP contribution is -2.61. The lowest BCUT2D eigenvalue weighted by molar-refractivity contribution is 0.0941. The summed E-state index contributed by atoms with van der Waals surface area (Å²) < 4.78 is 0. The van der Waals surface area contributed by atoms with Crippen molar-refractivity contribution in [3.8, 4) is 0 Å². The number of amides is 2. The Morgan fingerprint density at radius 3 is 2.44 bits per heavy atom. The van der Waals surface area contributed by atoms with Crippen LogP contribution in [0.1, 0.15) is 88.2 Å². The lowest BCUT2D eigenvalue weighted by Gasteiger charge is -2.46. The molecule has 0 aromatic heterocycles. The maximum Gasteiger partial charge on any atom is 0.346 e. The zero-order chi connectivity index (χ0) is 21.8. The minimum absolute atomic E-state index is 0.00516. The lowest BCUT2D eigenvalue weighted by atomic mass is 9.83. The van der Waals surface area contributed by atoms with Gasteiger partial charge in [0.1, 0.15) is 11.4 Å². The fourth-order valence-corrected chi connectivity index (χ4v) is 6.35. The number of carbonyl (C=O) groups excluding carboxylic acids is 1. The highest BCUT2D eigenvalue weighted by atomic mass is 16.2. The molecule has 2 fully saturated rings. The standard InChI is InChI=1S/C27H40N4O/c32-26-29-25(28-24-13-6-4-7-14-24)27-15-18-30(19-16-27)21-23-12-9-11-22(20-23)10-5-2-1-3-8-17-31(26)27/h9,11-12,20,24H,1-8,10,13-19,21H2,(H,28,29,32). The van der Waals surface area contributed by atoms with Gasteiger partial charge in [0, 0.05) is 32.2 Å². The van der Waals surface area contributed by atoms with Gasteiger partial charge in [-0.15, -0.1) is 0 Å². The summed E-state index contributed by atoms with van der Waals surface area (Å²) in [5.41, 5.74) is 2.71. The average Bonchev–Trinajstić information content (AvgIpc) is 3.05. The van der Waals surface area contributed by atoms with Gasteiger partial charge in [-0.2, -0.15) is 4.99 Å². The van der Waals surface area contributed by atoms with Crippen molar-refractivity contribution in [2.24, 2.45) is 4.99 Å². The van der Waals surface area contributed by atoms with E-state index in [1.807, 2.05) is 0 Å². The summed E-state index contributed by atoms with van der Waals surface area (Å²) in [6, 6.07) is 9.71. The van der Waals surface area contributed by atoms with E-state index < -0.39 is 0 Å². The van der Waals surface area contributed by atoms with E-state index in [0.29, 0.717) is 6.04 Å². The highest BCUT2D eigenvalue weighted by Crippen LogP contribution is 2.36. The van der Waals surface area contributed by atoms with Crippen LogP contribution in [0.25, 0.3) is 0 Å². The van der Waals surface area contributed by atoms with Gasteiger partial charge >= 0.3 is 6.03 Å². The number of carbonyl (C=O) groups is 1. The smallest absolute Gasteiger partial charge is 0.346 e. The zero-order valence-corrected chi connectivity index (χ0v) is 19.7. The third-order valence-electron chi connectivity index (χ3n) is 8.27. The molecule has 1 saturated heterocycles. The predicted octanol–water partition coefficient (Wildman–Crippen LogP) is 5.28. The fraction of sp³-hybridized carbons (Fsp3) is 0.704. The second-order valence-corrected chi connectivity index (χ2v) is 10.5. The number of fused-ring (bicyclic) bond motifs is 8. The Balaban J connectivity index is 1.35. The molecule has 4 bridgehead atoms. The summed E-state index contributed by atoms with van der Waals surface area (Å²) in [4.78, 5) is 22.5. The van der Waals surface area contributed by atoms with Crippen LogP contribution in [-0.2, 0) is 13.0 Å². The molecule has 1 saturated carbocycles. The van der Waals surface area contributed by atoms with E-state index in [4.69, 9.17) is 0 Å². The minimum Gasteiger partial charge on any atom is -0.369 e. The molecule has 1 aromatic rings. The second-order valence-electron chi connectivity index (χ2n) is 10.5. The number of urea groups is 1. The summed E-state index contributed by atoms with van der Waals surface area (Å²) >= 11 is 0. The Morgan fingerprint density at radius 2 is 1.59 bits per heavy atom. The molecule has 5 aliphatic rings. The fourth-order valence-electron chi connectivity index (χ4n) is 6.35. The summed E-state index contributed by atoms with van der Waals surface area (Å²) in [5, 5.41) is 3.79. The van der Waals surface area contributed by atoms with Crippen LogP contribution >= 0.6 is 0 Å². The average molecular weight is 437 g/mol. The molecule has 5 heteroatoms. The van der Waals surface area contributed by atoms with E-state index in [9.17, 15) is 4.79 Å². The van der Waals surface area contributed by atoms with Crippen molar-refractivity contribution in [2.45, 2.75) is 102 Å². The first-order valence-corrected chi connectivity index (χ1v) is 13.2. The van der Waals surface area contributed by atoms with Gasteiger partial charge in [0.05, 0.1) is 0 Å². The number of hydrogen-bond acceptors (Lipinski definition) is 3. The van der Waals surface area contributed by atoms with Crippen molar-refractivity contribution in [2.75, 3.05) is 19.6 Å². The number of piperidine rings is 1. The minimum atomic E-state index is -0.204. The molecule has 0 unspecified atom stereocenters. The third-order valence-corrected chi connectivity index (χ3v) is 8.27. The van der Waals surface area contributed by atoms with Gasteiger partial charge in [0.2, 0.25) is 0 Å². The molecule has 32 heavy (non-hydrogen) atoms. The Bertz CT molecular complexity index is 821. The van der Waals surface area contributed by atoms with Crippen LogP contribution in [0.2, 0.25) is 0 Å². The second kappa shape index (κ2) is 9.94. The zero-order valence-electron chi connectivity index (χ0n) is 19.7. The molecule has 2 amide bonds. The van der Waals surface area contributed by atoms with Crippen molar-refractivity contribution < 1.29 is 4.79 Å².